The van der Waals surface area contributed by atoms with E-state index in [0.717, 1.165) is 5.01 Å². The van der Waals surface area contributed by atoms with Gasteiger partial charge in [0, 0.05) is 0 Å². The quantitative estimate of drug-likeness (QED) is 0.692. The number of nitrogen functional groups attached to an aromatic ring is 1. The normalized spacial score (nSPS) is 9.83. The molecule has 0 aromatic carbocycles. The summed E-state index contributed by atoms with van der Waals surface area (Å²) in [6, 6.07) is 0. The molecule has 5 heteroatoms. The van der Waals surface area contributed by atoms with Crippen molar-refractivity contribution in [3.05, 3.63) is 10.7 Å². The number of anilines is 1. The van der Waals surface area contributed by atoms with E-state index in [1.54, 1.807) is 0 Å². The van der Waals surface area contributed by atoms with Gasteiger partial charge in [0.15, 0.2) is 0 Å². The molecule has 4 nitrogen and oxygen atoms in total. The number of methoxy groups -OCH3 is 1. The van der Waals surface area contributed by atoms with Crippen molar-refractivity contribution in [3.63, 3.8) is 0 Å². The van der Waals surface area contributed by atoms with Gasteiger partial charge in [-0.3, -0.25) is 4.79 Å². The molecule has 12 heavy (non-hydrogen) atoms. The van der Waals surface area contributed by atoms with Crippen LogP contribution in [0.4, 0.5) is 5.00 Å². The first-order chi connectivity index (χ1) is 5.63. The molecule has 66 valence electrons. The second-order valence-corrected chi connectivity index (χ2v) is 3.53. The Morgan fingerprint density at radius 1 is 1.75 bits per heavy atom. The van der Waals surface area contributed by atoms with Crippen LogP contribution in [0.3, 0.4) is 0 Å². The van der Waals surface area contributed by atoms with E-state index in [1.807, 2.05) is 6.92 Å². The highest BCUT2D eigenvalue weighted by atomic mass is 32.1. The summed E-state index contributed by atoms with van der Waals surface area (Å²) in [5.74, 6) is -0.313. The Kier molecular flexibility index (Phi) is 2.65. The molecular formula is C7H10N2O2S. The summed E-state index contributed by atoms with van der Waals surface area (Å²) >= 11 is 1.38. The molecule has 0 amide bonds. The van der Waals surface area contributed by atoms with Gasteiger partial charge in [-0.05, 0) is 6.92 Å². The zero-order valence-electron chi connectivity index (χ0n) is 6.96. The first-order valence-electron chi connectivity index (χ1n) is 3.42. The van der Waals surface area contributed by atoms with Gasteiger partial charge < -0.3 is 10.5 Å². The molecule has 0 atom stereocenters. The van der Waals surface area contributed by atoms with E-state index in [9.17, 15) is 4.79 Å². The van der Waals surface area contributed by atoms with Gasteiger partial charge in [0.05, 0.1) is 24.2 Å². The van der Waals surface area contributed by atoms with E-state index < -0.39 is 0 Å². The number of ether oxygens (including phenoxy) is 1. The lowest BCUT2D eigenvalue weighted by molar-refractivity contribution is -0.139. The number of hydrogen-bond acceptors (Lipinski definition) is 5. The van der Waals surface area contributed by atoms with Crippen LogP contribution >= 0.6 is 11.3 Å². The second-order valence-electron chi connectivity index (χ2n) is 2.30. The van der Waals surface area contributed by atoms with Gasteiger partial charge in [0.2, 0.25) is 0 Å². The molecule has 0 saturated carbocycles. The fourth-order valence-corrected chi connectivity index (χ4v) is 1.53. The molecule has 1 aromatic heterocycles. The topological polar surface area (TPSA) is 65.2 Å². The predicted molar refractivity (Wildman–Crippen MR) is 47.0 cm³/mol. The molecule has 2 N–H and O–H groups in total. The Balaban J connectivity index is 2.75. The van der Waals surface area contributed by atoms with Crippen LogP contribution in [0.1, 0.15) is 10.7 Å². The van der Waals surface area contributed by atoms with Crippen LogP contribution in [0.25, 0.3) is 0 Å². The number of aromatic nitrogens is 1. The molecule has 0 aliphatic carbocycles. The Bertz CT molecular complexity index is 296. The number of aryl methyl sites for hydroxylation is 1. The highest BCUT2D eigenvalue weighted by molar-refractivity contribution is 7.15. The van der Waals surface area contributed by atoms with E-state index in [0.29, 0.717) is 10.7 Å². The Morgan fingerprint density at radius 2 is 2.42 bits per heavy atom. The lowest BCUT2D eigenvalue weighted by Crippen LogP contribution is -2.06. The SMILES string of the molecule is COC(=O)Cc1nc(C)sc1N. The number of rotatable bonds is 2. The summed E-state index contributed by atoms with van der Waals surface area (Å²) in [6.45, 7) is 1.85. The molecule has 0 spiro atoms. The largest absolute Gasteiger partial charge is 0.469 e. The smallest absolute Gasteiger partial charge is 0.311 e. The molecular weight excluding hydrogens is 176 g/mol. The molecule has 1 rings (SSSR count). The maximum Gasteiger partial charge on any atom is 0.311 e. The number of carbonyl (C=O) groups excluding carboxylic acids is 1. The Labute approximate surface area is 74.4 Å². The van der Waals surface area contributed by atoms with Gasteiger partial charge in [0.1, 0.15) is 5.00 Å². The van der Waals surface area contributed by atoms with Crippen molar-refractivity contribution in [2.24, 2.45) is 0 Å². The van der Waals surface area contributed by atoms with Crippen LogP contribution in [0.5, 0.6) is 0 Å². The fourth-order valence-electron chi connectivity index (χ4n) is 0.822. The average molecular weight is 186 g/mol. The first-order valence-corrected chi connectivity index (χ1v) is 4.23. The molecule has 0 saturated heterocycles. The van der Waals surface area contributed by atoms with Gasteiger partial charge in [0.25, 0.3) is 0 Å². The van der Waals surface area contributed by atoms with Crippen molar-refractivity contribution in [1.29, 1.82) is 0 Å². The summed E-state index contributed by atoms with van der Waals surface area (Å²) in [7, 11) is 1.34. The Morgan fingerprint density at radius 3 is 2.83 bits per heavy atom. The minimum absolute atomic E-state index is 0.159. The number of thiazole rings is 1. The molecule has 1 heterocycles. The number of carbonyl (C=O) groups is 1. The van der Waals surface area contributed by atoms with Crippen molar-refractivity contribution in [2.45, 2.75) is 13.3 Å². The van der Waals surface area contributed by atoms with Crippen molar-refractivity contribution < 1.29 is 9.53 Å². The van der Waals surface area contributed by atoms with Crippen LogP contribution < -0.4 is 5.73 Å². The number of nitrogens with zero attached hydrogens (tertiary/aromatic N) is 1. The van der Waals surface area contributed by atoms with E-state index in [-0.39, 0.29) is 12.4 Å². The minimum atomic E-state index is -0.313. The minimum Gasteiger partial charge on any atom is -0.469 e. The number of esters is 1. The van der Waals surface area contributed by atoms with Crippen molar-refractivity contribution >= 4 is 22.3 Å². The number of hydrogen-bond donors (Lipinski definition) is 1. The average Bonchev–Trinajstić information content (AvgIpc) is 2.30. The van der Waals surface area contributed by atoms with E-state index in [2.05, 4.69) is 9.72 Å². The molecule has 0 unspecified atom stereocenters. The summed E-state index contributed by atoms with van der Waals surface area (Å²) in [6.07, 6.45) is 0.159. The monoisotopic (exact) mass is 186 g/mol. The molecule has 0 radical (unpaired) electrons. The lowest BCUT2D eigenvalue weighted by Gasteiger charge is -1.95. The lowest BCUT2D eigenvalue weighted by atomic mass is 10.3. The van der Waals surface area contributed by atoms with Gasteiger partial charge in [-0.2, -0.15) is 0 Å². The predicted octanol–water partition coefficient (Wildman–Crippen LogP) is 0.749. The highest BCUT2D eigenvalue weighted by Crippen LogP contribution is 2.20. The fraction of sp³-hybridized carbons (Fsp3) is 0.429. The van der Waals surface area contributed by atoms with Crippen molar-refractivity contribution in [2.75, 3.05) is 12.8 Å². The summed E-state index contributed by atoms with van der Waals surface area (Å²) < 4.78 is 4.49. The number of nitrogens with two attached hydrogens (primary N) is 1. The molecule has 0 aliphatic rings. The van der Waals surface area contributed by atoms with Crippen LogP contribution in [-0.2, 0) is 16.0 Å². The van der Waals surface area contributed by atoms with E-state index in [4.69, 9.17) is 5.73 Å². The third-order valence-corrected chi connectivity index (χ3v) is 2.22. The van der Waals surface area contributed by atoms with Gasteiger partial charge in [-0.25, -0.2) is 4.98 Å². The third kappa shape index (κ3) is 1.94. The van der Waals surface area contributed by atoms with E-state index in [1.165, 1.54) is 18.4 Å². The van der Waals surface area contributed by atoms with Crippen molar-refractivity contribution in [1.82, 2.24) is 4.98 Å². The van der Waals surface area contributed by atoms with Crippen LogP contribution in [0.2, 0.25) is 0 Å². The standard InChI is InChI=1S/C7H10N2O2S/c1-4-9-5(7(8)12-4)3-6(10)11-2/h3,8H2,1-2H3. The molecule has 0 aliphatic heterocycles. The van der Waals surface area contributed by atoms with E-state index >= 15 is 0 Å². The molecule has 1 aromatic rings. The Hall–Kier alpha value is -1.10. The third-order valence-electron chi connectivity index (χ3n) is 1.37. The van der Waals surface area contributed by atoms with Crippen molar-refractivity contribution in [3.8, 4) is 0 Å². The van der Waals surface area contributed by atoms with Crippen LogP contribution in [0, 0.1) is 6.92 Å². The maximum absolute atomic E-state index is 10.8. The summed E-state index contributed by atoms with van der Waals surface area (Å²) in [4.78, 5) is 14.9. The molecule has 0 fully saturated rings. The van der Waals surface area contributed by atoms with Gasteiger partial charge in [-0.1, -0.05) is 0 Å². The first kappa shape index (κ1) is 8.99. The molecule has 0 bridgehead atoms. The van der Waals surface area contributed by atoms with Gasteiger partial charge >= 0.3 is 5.97 Å². The maximum atomic E-state index is 10.8. The van der Waals surface area contributed by atoms with Crippen LogP contribution in [0.15, 0.2) is 0 Å². The zero-order valence-corrected chi connectivity index (χ0v) is 7.77. The second kappa shape index (κ2) is 3.53. The summed E-state index contributed by atoms with van der Waals surface area (Å²) in [5.41, 5.74) is 6.21. The highest BCUT2D eigenvalue weighted by Gasteiger charge is 2.10. The zero-order chi connectivity index (χ0) is 9.14. The summed E-state index contributed by atoms with van der Waals surface area (Å²) in [5, 5.41) is 1.46. The van der Waals surface area contributed by atoms with Gasteiger partial charge in [-0.15, -0.1) is 11.3 Å². The van der Waals surface area contributed by atoms with Crippen LogP contribution in [-0.4, -0.2) is 18.1 Å².